The third kappa shape index (κ3) is 6.31. The van der Waals surface area contributed by atoms with Crippen molar-refractivity contribution >= 4 is 57.3 Å². The maximum absolute atomic E-state index is 13.8. The molecule has 1 fully saturated rings. The minimum Gasteiger partial charge on any atom is -0.507 e. The summed E-state index contributed by atoms with van der Waals surface area (Å²) in [5, 5.41) is 21.2. The van der Waals surface area contributed by atoms with Gasteiger partial charge in [0.2, 0.25) is 5.13 Å². The lowest BCUT2D eigenvalue weighted by Crippen LogP contribution is -2.29. The van der Waals surface area contributed by atoms with Crippen molar-refractivity contribution < 1.29 is 28.9 Å². The van der Waals surface area contributed by atoms with Crippen LogP contribution in [0.3, 0.4) is 0 Å². The average Bonchev–Trinajstić information content (AvgIpc) is 3.74. The number of amides is 1. The number of nitrogens with zero attached hydrogens (tertiary/aromatic N) is 3. The molecule has 3 heterocycles. The molecule has 1 amide bonds. The first-order valence-electron chi connectivity index (χ1n) is 15.0. The highest BCUT2D eigenvalue weighted by atomic mass is 35.5. The number of hydrogen-bond acceptors (Lipinski definition) is 10. The molecule has 12 heteroatoms. The first-order chi connectivity index (χ1) is 22.3. The molecule has 6 rings (SSSR count). The molecule has 4 aromatic rings. The number of Topliss-reactive ketones (excluding diaryl/α,β-unsaturated/α-hetero) is 1. The molecule has 0 radical (unpaired) electrons. The zero-order valence-electron chi connectivity index (χ0n) is 25.5. The Morgan fingerprint density at radius 1 is 1.09 bits per heavy atom. The van der Waals surface area contributed by atoms with Gasteiger partial charge in [-0.05, 0) is 73.4 Å². The molecule has 1 aromatic heterocycles. The maximum Gasteiger partial charge on any atom is 0.301 e. The molecule has 0 saturated carbocycles. The number of fused-ring (bicyclic) bond motifs is 1. The van der Waals surface area contributed by atoms with E-state index in [1.165, 1.54) is 28.0 Å². The highest BCUT2D eigenvalue weighted by Crippen LogP contribution is 2.46. The number of ether oxygens (including phenoxy) is 3. The molecule has 2 aliphatic rings. The van der Waals surface area contributed by atoms with Gasteiger partial charge in [-0.3, -0.25) is 14.5 Å². The number of anilines is 1. The van der Waals surface area contributed by atoms with E-state index >= 15 is 0 Å². The molecule has 1 saturated heterocycles. The van der Waals surface area contributed by atoms with Crippen molar-refractivity contribution in [2.45, 2.75) is 55.9 Å². The van der Waals surface area contributed by atoms with Crippen LogP contribution in [0.2, 0.25) is 5.02 Å². The number of carbonyl (C=O) groups is 2. The second-order valence-corrected chi connectivity index (χ2v) is 13.4. The number of thioether (sulfide) groups is 1. The van der Waals surface area contributed by atoms with Gasteiger partial charge in [-0.25, -0.2) is 0 Å². The predicted molar refractivity (Wildman–Crippen MR) is 179 cm³/mol. The Hall–Kier alpha value is -4.06. The minimum atomic E-state index is -1.00. The zero-order valence-corrected chi connectivity index (χ0v) is 27.9. The normalized spacial score (nSPS) is 18.5. The number of ketones is 1. The summed E-state index contributed by atoms with van der Waals surface area (Å²) in [6.45, 7) is 6.72. The van der Waals surface area contributed by atoms with Crippen molar-refractivity contribution in [2.75, 3.05) is 18.1 Å². The topological polar surface area (TPSA) is 111 Å². The second kappa shape index (κ2) is 13.7. The Labute approximate surface area is 280 Å². The zero-order chi connectivity index (χ0) is 32.4. The molecule has 0 aliphatic carbocycles. The molecule has 46 heavy (non-hydrogen) atoms. The van der Waals surface area contributed by atoms with Crippen molar-refractivity contribution in [3.63, 3.8) is 0 Å². The van der Waals surface area contributed by atoms with Crippen LogP contribution < -0.4 is 19.1 Å². The van der Waals surface area contributed by atoms with E-state index in [1.807, 2.05) is 45.0 Å². The summed E-state index contributed by atoms with van der Waals surface area (Å²) in [5.74, 6) is 0.386. The molecular weight excluding hydrogens is 646 g/mol. The van der Waals surface area contributed by atoms with Gasteiger partial charge < -0.3 is 19.3 Å². The smallest absolute Gasteiger partial charge is 0.301 e. The fourth-order valence-electron chi connectivity index (χ4n) is 5.48. The van der Waals surface area contributed by atoms with E-state index in [0.29, 0.717) is 57.4 Å². The van der Waals surface area contributed by atoms with Crippen LogP contribution in [0.5, 0.6) is 17.2 Å². The van der Waals surface area contributed by atoms with E-state index in [0.717, 1.165) is 23.3 Å². The lowest BCUT2D eigenvalue weighted by Gasteiger charge is -2.23. The third-order valence-corrected chi connectivity index (χ3v) is 10.0. The van der Waals surface area contributed by atoms with Crippen LogP contribution in [0.1, 0.15) is 55.5 Å². The van der Waals surface area contributed by atoms with Gasteiger partial charge in [-0.2, -0.15) is 0 Å². The third-order valence-electron chi connectivity index (χ3n) is 7.57. The van der Waals surface area contributed by atoms with Gasteiger partial charge in [-0.1, -0.05) is 65.9 Å². The van der Waals surface area contributed by atoms with E-state index in [2.05, 4.69) is 10.2 Å². The van der Waals surface area contributed by atoms with Crippen LogP contribution in [0.4, 0.5) is 5.13 Å². The molecule has 0 spiro atoms. The Morgan fingerprint density at radius 2 is 1.91 bits per heavy atom. The van der Waals surface area contributed by atoms with Gasteiger partial charge in [-0.15, -0.1) is 10.2 Å². The standard InChI is InChI=1S/C34H32ClN3O6S2/c1-4-14-43-26-13-10-20(17-27(26)42-5-2)29-28(30(39)21-11-12-25-23(16-21)15-19(3)44-25)31(40)32(41)38(29)33-36-37-34(46-33)45-18-22-8-6-7-9-24(22)35/h6-13,16-17,19,29,39H,4-5,14-15,18H2,1-3H3/t19-,29+/m1/s1. The monoisotopic (exact) mass is 677 g/mol. The van der Waals surface area contributed by atoms with E-state index < -0.39 is 17.7 Å². The Morgan fingerprint density at radius 3 is 2.70 bits per heavy atom. The lowest BCUT2D eigenvalue weighted by atomic mass is 9.94. The van der Waals surface area contributed by atoms with Gasteiger partial charge in [0.05, 0.1) is 24.8 Å². The van der Waals surface area contributed by atoms with Crippen molar-refractivity contribution in [3.05, 3.63) is 93.5 Å². The maximum atomic E-state index is 13.8. The van der Waals surface area contributed by atoms with Crippen molar-refractivity contribution in [1.82, 2.24) is 10.2 Å². The van der Waals surface area contributed by atoms with Crippen LogP contribution in [0.25, 0.3) is 5.76 Å². The summed E-state index contributed by atoms with van der Waals surface area (Å²) in [6.07, 6.45) is 1.49. The molecule has 2 atom stereocenters. The van der Waals surface area contributed by atoms with Gasteiger partial charge in [0.1, 0.15) is 17.6 Å². The van der Waals surface area contributed by atoms with Gasteiger partial charge in [0.15, 0.2) is 15.8 Å². The summed E-state index contributed by atoms with van der Waals surface area (Å²) in [5.41, 5.74) is 2.77. The molecule has 3 aromatic carbocycles. The molecule has 1 N–H and O–H groups in total. The van der Waals surface area contributed by atoms with E-state index in [-0.39, 0.29) is 22.6 Å². The van der Waals surface area contributed by atoms with Crippen molar-refractivity contribution in [1.29, 1.82) is 0 Å². The van der Waals surface area contributed by atoms with Gasteiger partial charge >= 0.3 is 5.91 Å². The minimum absolute atomic E-state index is 0.00536. The quantitative estimate of drug-likeness (QED) is 0.0563. The highest BCUT2D eigenvalue weighted by Gasteiger charge is 2.48. The number of benzene rings is 3. The molecule has 0 bridgehead atoms. The van der Waals surface area contributed by atoms with E-state index in [9.17, 15) is 14.7 Å². The van der Waals surface area contributed by atoms with E-state index in [4.69, 9.17) is 25.8 Å². The molecule has 238 valence electrons. The Kier molecular flexibility index (Phi) is 9.53. The molecule has 0 unspecified atom stereocenters. The number of hydrogen-bond donors (Lipinski definition) is 1. The van der Waals surface area contributed by atoms with Crippen LogP contribution >= 0.6 is 34.7 Å². The summed E-state index contributed by atoms with van der Waals surface area (Å²) in [7, 11) is 0. The average molecular weight is 678 g/mol. The largest absolute Gasteiger partial charge is 0.507 e. The summed E-state index contributed by atoms with van der Waals surface area (Å²) < 4.78 is 18.2. The van der Waals surface area contributed by atoms with E-state index in [1.54, 1.807) is 36.4 Å². The molecule has 2 aliphatic heterocycles. The summed E-state index contributed by atoms with van der Waals surface area (Å²) in [4.78, 5) is 28.9. The first kappa shape index (κ1) is 31.9. The van der Waals surface area contributed by atoms with Crippen LogP contribution in [-0.4, -0.2) is 46.3 Å². The van der Waals surface area contributed by atoms with Crippen LogP contribution in [0.15, 0.2) is 70.6 Å². The first-order valence-corrected chi connectivity index (χ1v) is 17.2. The van der Waals surface area contributed by atoms with Crippen molar-refractivity contribution in [3.8, 4) is 17.2 Å². The predicted octanol–water partition coefficient (Wildman–Crippen LogP) is 7.62. The number of carbonyl (C=O) groups excluding carboxylic acids is 2. The molecule has 9 nitrogen and oxygen atoms in total. The van der Waals surface area contributed by atoms with Crippen LogP contribution in [0, 0.1) is 0 Å². The fourth-order valence-corrected chi connectivity index (χ4v) is 7.63. The van der Waals surface area contributed by atoms with Crippen LogP contribution in [-0.2, 0) is 21.8 Å². The number of aliphatic hydroxyl groups is 1. The lowest BCUT2D eigenvalue weighted by molar-refractivity contribution is -0.132. The fraction of sp³-hybridized carbons (Fsp3) is 0.294. The SMILES string of the molecule is CCCOc1ccc([C@H]2C(=C(O)c3ccc4c(c3)C[C@@H](C)O4)C(=O)C(=O)N2c2nnc(SCc3ccccc3Cl)s2)cc1OCC. The van der Waals surface area contributed by atoms with Gasteiger partial charge in [0.25, 0.3) is 5.78 Å². The molecular formula is C34H32ClN3O6S2. The summed E-state index contributed by atoms with van der Waals surface area (Å²) in [6, 6.07) is 17.1. The van der Waals surface area contributed by atoms with Gasteiger partial charge in [0, 0.05) is 22.8 Å². The second-order valence-electron chi connectivity index (χ2n) is 10.8. The van der Waals surface area contributed by atoms with Crippen molar-refractivity contribution in [2.24, 2.45) is 0 Å². The summed E-state index contributed by atoms with van der Waals surface area (Å²) >= 11 is 8.96. The number of aliphatic hydroxyl groups excluding tert-OH is 1. The number of halogens is 1. The number of rotatable bonds is 11. The number of aromatic nitrogens is 2. The highest BCUT2D eigenvalue weighted by molar-refractivity contribution is 8.00. The Balaban J connectivity index is 1.43. The Bertz CT molecular complexity index is 1830.